The lowest BCUT2D eigenvalue weighted by Gasteiger charge is -2.43. The van der Waals surface area contributed by atoms with E-state index in [0.717, 1.165) is 56.7 Å². The minimum atomic E-state index is -1.98. The molecule has 4 aliphatic rings. The van der Waals surface area contributed by atoms with E-state index in [4.69, 9.17) is 49.1 Å². The third-order valence-electron chi connectivity index (χ3n) is 15.8. The Hall–Kier alpha value is -9.54. The molecule has 32 nitrogen and oxygen atoms in total. The summed E-state index contributed by atoms with van der Waals surface area (Å²) < 4.78 is 37.4. The van der Waals surface area contributed by atoms with Gasteiger partial charge in [0.1, 0.15) is 126 Å². The summed E-state index contributed by atoms with van der Waals surface area (Å²) in [6.45, 7) is 7.07. The van der Waals surface area contributed by atoms with Crippen molar-refractivity contribution in [3.8, 4) is 38.4 Å². The number of benzene rings is 1. The average Bonchev–Trinajstić information content (AvgIpc) is 1.58. The fourth-order valence-electron chi connectivity index (χ4n) is 10.8. The number of nitrogens with one attached hydrogen (secondary N) is 5. The molecule has 12 N–H and O–H groups in total. The predicted octanol–water partition coefficient (Wildman–Crippen LogP) is 3.32. The maximum atomic E-state index is 15.1. The van der Waals surface area contributed by atoms with Crippen molar-refractivity contribution in [1.82, 2.24) is 61.2 Å². The number of carbonyl (C=O) groups is 8. The molecule has 96 heavy (non-hydrogen) atoms. The number of amides is 6. The number of methoxy groups -OCH3 is 1. The van der Waals surface area contributed by atoms with Crippen LogP contribution >= 0.6 is 56.7 Å². The van der Waals surface area contributed by atoms with Gasteiger partial charge in [-0.25, -0.2) is 39.5 Å². The molecule has 0 aliphatic carbocycles. The summed E-state index contributed by atoms with van der Waals surface area (Å²) in [5.41, 5.74) is 1.42. The molecule has 10 atom stereocenters. The van der Waals surface area contributed by atoms with Crippen molar-refractivity contribution in [3.63, 3.8) is 0 Å². The molecule has 6 amide bonds. The number of esters is 2. The van der Waals surface area contributed by atoms with E-state index in [9.17, 15) is 59.2 Å². The second kappa shape index (κ2) is 26.6. The Morgan fingerprint density at radius 1 is 0.854 bits per heavy atom. The van der Waals surface area contributed by atoms with Gasteiger partial charge in [-0.1, -0.05) is 18.7 Å². The molecule has 12 bridgehead atoms. The topological polar surface area (TPSA) is 462 Å². The highest BCUT2D eigenvalue weighted by atomic mass is 32.1. The number of hydrogen-bond donors (Lipinski definition) is 11. The van der Waals surface area contributed by atoms with E-state index in [1.807, 2.05) is 0 Å². The maximum Gasteiger partial charge on any atom is 0.358 e. The van der Waals surface area contributed by atoms with E-state index in [1.165, 1.54) is 79.9 Å². The van der Waals surface area contributed by atoms with Crippen LogP contribution in [0.2, 0.25) is 0 Å². The second-order valence-electron chi connectivity index (χ2n) is 22.4. The van der Waals surface area contributed by atoms with Gasteiger partial charge in [0.15, 0.2) is 18.1 Å². The molecule has 1 fully saturated rings. The molecule has 12 rings (SSSR count). The number of pyridine rings is 1. The molecule has 7 aromatic heterocycles. The second-order valence-corrected chi connectivity index (χ2v) is 26.7. The molecule has 1 saturated heterocycles. The largest absolute Gasteiger partial charge is 0.506 e. The zero-order valence-corrected chi connectivity index (χ0v) is 54.7. The lowest BCUT2D eigenvalue weighted by Crippen LogP contribution is -2.57. The van der Waals surface area contributed by atoms with Crippen molar-refractivity contribution in [2.45, 2.75) is 108 Å². The van der Waals surface area contributed by atoms with Gasteiger partial charge >= 0.3 is 11.9 Å². The van der Waals surface area contributed by atoms with Crippen LogP contribution in [-0.4, -0.2) is 170 Å². The smallest absolute Gasteiger partial charge is 0.358 e. The first kappa shape index (κ1) is 66.5. The first-order valence-electron chi connectivity index (χ1n) is 28.8. The number of nitrogens with zero attached hydrogens (tertiary/aromatic N) is 7. The molecular formula is C59H55N13O19S5. The van der Waals surface area contributed by atoms with E-state index in [1.54, 1.807) is 6.07 Å². The quantitative estimate of drug-likeness (QED) is 0.0450. The van der Waals surface area contributed by atoms with Crippen molar-refractivity contribution >= 4 is 121 Å². The standard InChI is InChI=1S/C59H55N13O19S5/c1-20(46(60)76)61-47(77)29-17-95-55(66-29)40-34(74)10-25-39(68-40)28-15-93-53(63-28)27-14-89-57(82)42-26-13-87-43(44(91-35-11-59(5,84)45(75)23(4)90-35)58(83)88-12-24-8-7-9-33(36(24)26)72(42)85)41(56-67-30(18-96-56)48(78)62-27)71-50(80)32-19-94-54(65-32)38(22(3)86-6)70-51(81)37(21(2)73)69-49(79)31-16-92-52(25)64-31/h7-10,15-19,21,23,27,35,37,41,43-45,73-75,84-85H,1,11-14H2,2-6H3,(H2,60,76)(H,61,77)(H,62,78)(H,69,79)(H,70,81)(H,71,80)/t21-,23+,27+,35+,37+,41+,43+,44+,45-,59+/m1/s1. The Labute approximate surface area is 560 Å². The molecule has 0 saturated carbocycles. The molecule has 8 aromatic rings. The average molecular weight is 1410 g/mol. The molecule has 0 unspecified atom stereocenters. The van der Waals surface area contributed by atoms with Gasteiger partial charge in [-0.05, 0) is 45.4 Å². The van der Waals surface area contributed by atoms with Crippen LogP contribution in [0.3, 0.4) is 0 Å². The van der Waals surface area contributed by atoms with Crippen molar-refractivity contribution in [3.05, 3.63) is 124 Å². The zero-order chi connectivity index (χ0) is 68.3. The predicted molar refractivity (Wildman–Crippen MR) is 339 cm³/mol. The van der Waals surface area contributed by atoms with E-state index >= 15 is 4.79 Å². The Bertz CT molecular complexity index is 4550. The van der Waals surface area contributed by atoms with Gasteiger partial charge in [-0.3, -0.25) is 28.8 Å². The summed E-state index contributed by atoms with van der Waals surface area (Å²) in [4.78, 5) is 141. The highest BCUT2D eigenvalue weighted by Crippen LogP contribution is 2.43. The minimum absolute atomic E-state index is 0.0193. The number of primary amides is 1. The van der Waals surface area contributed by atoms with E-state index in [-0.39, 0.29) is 104 Å². The van der Waals surface area contributed by atoms with Crippen LogP contribution in [0, 0.1) is 0 Å². The zero-order valence-electron chi connectivity index (χ0n) is 50.6. The van der Waals surface area contributed by atoms with Gasteiger partial charge in [-0.15, -0.1) is 56.7 Å². The third kappa shape index (κ3) is 12.9. The highest BCUT2D eigenvalue weighted by molar-refractivity contribution is 7.14. The number of rotatable bonds is 8. The lowest BCUT2D eigenvalue weighted by molar-refractivity contribution is -0.292. The van der Waals surface area contributed by atoms with Gasteiger partial charge in [0, 0.05) is 49.8 Å². The molecule has 0 spiro atoms. The Morgan fingerprint density at radius 3 is 2.25 bits per heavy atom. The van der Waals surface area contributed by atoms with Gasteiger partial charge < -0.3 is 86.4 Å². The normalized spacial score (nSPS) is 24.2. The van der Waals surface area contributed by atoms with Crippen LogP contribution in [-0.2, 0) is 56.0 Å². The number of fused-ring (bicyclic) bond motifs is 15. The van der Waals surface area contributed by atoms with Gasteiger partial charge in [0.05, 0.1) is 42.7 Å². The Balaban J connectivity index is 1.04. The first-order chi connectivity index (χ1) is 45.8. The fourth-order valence-corrected chi connectivity index (χ4v) is 14.9. The molecular weight excluding hydrogens is 1360 g/mol. The van der Waals surface area contributed by atoms with Crippen molar-refractivity contribution < 1.29 is 92.4 Å². The van der Waals surface area contributed by atoms with E-state index in [0.29, 0.717) is 4.73 Å². The summed E-state index contributed by atoms with van der Waals surface area (Å²) in [7, 11) is 1.29. The molecule has 1 aromatic carbocycles. The molecule has 500 valence electrons. The number of hydrogen-bond acceptors (Lipinski definition) is 30. The van der Waals surface area contributed by atoms with Crippen LogP contribution in [0.4, 0.5) is 0 Å². The number of allylic oxidation sites excluding steroid dienone is 1. The molecule has 0 radical (unpaired) electrons. The van der Waals surface area contributed by atoms with Crippen molar-refractivity contribution in [1.29, 1.82) is 0 Å². The first-order valence-corrected chi connectivity index (χ1v) is 33.2. The van der Waals surface area contributed by atoms with E-state index in [2.05, 4.69) is 48.1 Å². The highest BCUT2D eigenvalue weighted by Gasteiger charge is 2.49. The number of thiazole rings is 5. The third-order valence-corrected chi connectivity index (χ3v) is 20.2. The summed E-state index contributed by atoms with van der Waals surface area (Å²) in [6, 6.07) is 1.06. The number of aromatic hydroxyl groups is 1. The summed E-state index contributed by atoms with van der Waals surface area (Å²) in [5, 5.41) is 77.3. The van der Waals surface area contributed by atoms with Crippen LogP contribution in [0.5, 0.6) is 5.75 Å². The van der Waals surface area contributed by atoms with Crippen molar-refractivity contribution in [2.75, 3.05) is 13.7 Å². The number of nitrogens with two attached hydrogens (primary N) is 1. The van der Waals surface area contributed by atoms with Gasteiger partial charge in [0.2, 0.25) is 5.91 Å². The Morgan fingerprint density at radius 2 is 1.52 bits per heavy atom. The molecule has 11 heterocycles. The SMILES string of the molecule is C=C(NC(=O)c1csc(-c2nc3c(cc2O)-c2nc(cs2)C(=O)N[C@@H]([C@@H](C)O)C(=O)NC(=C(C)OC)c2nc(cs2)C(=O)N[C@@H]2c4nc(cs4)C(=O)N[C@@H](COC(=O)c4c5c6c(cccc6n4O)COC(=O)[C@@H](O[C@H]4C[C@](C)(O)[C@H](O)[C@H](C)O4)[C@H]2OC5)c2nc-3cs2)n1)C(N)=O. The number of aromatic nitrogens is 7. The van der Waals surface area contributed by atoms with Crippen LogP contribution < -0.4 is 32.3 Å². The van der Waals surface area contributed by atoms with Crippen molar-refractivity contribution in [2.24, 2.45) is 5.73 Å². The monoisotopic (exact) mass is 1410 g/mol. The number of aliphatic hydroxyl groups is 3. The molecule has 37 heteroatoms. The summed E-state index contributed by atoms with van der Waals surface area (Å²) in [6.07, 6.45) is -9.79. The van der Waals surface area contributed by atoms with Crippen LogP contribution in [0.15, 0.2) is 69.2 Å². The summed E-state index contributed by atoms with van der Waals surface area (Å²) in [5.74, 6) is -8.46. The van der Waals surface area contributed by atoms with Crippen LogP contribution in [0.25, 0.3) is 49.3 Å². The molecule has 4 aliphatic heterocycles. The fraction of sp³-hybridized carbons (Fsp3) is 0.322. The number of aliphatic hydroxyl groups excluding tert-OH is 2. The summed E-state index contributed by atoms with van der Waals surface area (Å²) >= 11 is 4.38. The Kier molecular flexibility index (Phi) is 18.4. The van der Waals surface area contributed by atoms with E-state index < -0.39 is 151 Å². The minimum Gasteiger partial charge on any atom is -0.506 e. The van der Waals surface area contributed by atoms with Crippen LogP contribution in [0.1, 0.15) is 125 Å². The maximum absolute atomic E-state index is 15.1. The lowest BCUT2D eigenvalue weighted by atomic mass is 9.89. The van der Waals surface area contributed by atoms with Gasteiger partial charge in [-0.2, -0.15) is 4.73 Å². The van der Waals surface area contributed by atoms with Gasteiger partial charge in [0.25, 0.3) is 29.5 Å². The number of ether oxygens (including phenoxy) is 6. The number of cyclic esters (lactones) is 2. The number of carbonyl (C=O) groups excluding carboxylic acids is 8.